The quantitative estimate of drug-likeness (QED) is 0.897. The summed E-state index contributed by atoms with van der Waals surface area (Å²) in [5, 5.41) is 3.86. The zero-order chi connectivity index (χ0) is 19.4. The molecule has 1 aliphatic heterocycles. The molecule has 1 aromatic heterocycles. The molecule has 5 nitrogen and oxygen atoms in total. The molecule has 146 valence electrons. The molecule has 0 atom stereocenters. The van der Waals surface area contributed by atoms with Gasteiger partial charge in [-0.25, -0.2) is 4.39 Å². The molecule has 0 bridgehead atoms. The number of carbonyl (C=O) groups is 1. The molecule has 0 radical (unpaired) electrons. The second-order valence-corrected chi connectivity index (χ2v) is 8.34. The number of fused-ring (bicyclic) bond motifs is 1. The van der Waals surface area contributed by atoms with Crippen LogP contribution in [0.5, 0.6) is 0 Å². The predicted octanol–water partition coefficient (Wildman–Crippen LogP) is 2.80. The molecule has 2 heterocycles. The Bertz CT molecular complexity index is 802. The van der Waals surface area contributed by atoms with Crippen LogP contribution in [-0.2, 0) is 11.3 Å². The first-order valence-electron chi connectivity index (χ1n) is 9.59. The Morgan fingerprint density at radius 3 is 2.70 bits per heavy atom. The molecular formula is C21H29FN4O. The lowest BCUT2D eigenvalue weighted by Gasteiger charge is -2.25. The van der Waals surface area contributed by atoms with Crippen LogP contribution in [0.25, 0.3) is 10.9 Å². The molecule has 6 heteroatoms. The molecule has 1 aliphatic rings. The zero-order valence-electron chi connectivity index (χ0n) is 16.5. The second kappa shape index (κ2) is 8.31. The zero-order valence-corrected chi connectivity index (χ0v) is 16.5. The number of hydrogen-bond donors (Lipinski definition) is 1. The Kier molecular flexibility index (Phi) is 6.07. The van der Waals surface area contributed by atoms with Gasteiger partial charge in [-0.05, 0) is 64.0 Å². The first-order valence-corrected chi connectivity index (χ1v) is 9.59. The highest BCUT2D eigenvalue weighted by Gasteiger charge is 2.20. The monoisotopic (exact) mass is 372 g/mol. The van der Waals surface area contributed by atoms with E-state index in [1.807, 2.05) is 32.9 Å². The van der Waals surface area contributed by atoms with Crippen LogP contribution < -0.4 is 5.32 Å². The van der Waals surface area contributed by atoms with Crippen LogP contribution in [0.4, 0.5) is 4.39 Å². The van der Waals surface area contributed by atoms with Crippen molar-refractivity contribution < 1.29 is 9.18 Å². The van der Waals surface area contributed by atoms with Crippen LogP contribution in [0.3, 0.4) is 0 Å². The van der Waals surface area contributed by atoms with E-state index < -0.39 is 0 Å². The van der Waals surface area contributed by atoms with E-state index in [4.69, 9.17) is 0 Å². The van der Waals surface area contributed by atoms with Crippen molar-refractivity contribution in [2.75, 3.05) is 32.7 Å². The fourth-order valence-electron chi connectivity index (χ4n) is 3.59. The van der Waals surface area contributed by atoms with Crippen molar-refractivity contribution in [3.8, 4) is 0 Å². The van der Waals surface area contributed by atoms with Gasteiger partial charge in [0.15, 0.2) is 0 Å². The first-order chi connectivity index (χ1) is 12.8. The van der Waals surface area contributed by atoms with Crippen molar-refractivity contribution in [3.05, 3.63) is 41.8 Å². The summed E-state index contributed by atoms with van der Waals surface area (Å²) >= 11 is 0. The molecule has 1 saturated heterocycles. The number of nitrogens with zero attached hydrogens (tertiary/aromatic N) is 3. The summed E-state index contributed by atoms with van der Waals surface area (Å²) in [6.07, 6.45) is 2.74. The highest BCUT2D eigenvalue weighted by Crippen LogP contribution is 2.20. The minimum atomic E-state index is -0.221. The van der Waals surface area contributed by atoms with Gasteiger partial charge in [-0.3, -0.25) is 19.6 Å². The number of nitrogens with one attached hydrogen (secondary N) is 1. The minimum absolute atomic E-state index is 0.0660. The van der Waals surface area contributed by atoms with Crippen molar-refractivity contribution in [1.29, 1.82) is 0 Å². The molecule has 0 unspecified atom stereocenters. The summed E-state index contributed by atoms with van der Waals surface area (Å²) < 4.78 is 14.0. The molecule has 2 aromatic rings. The minimum Gasteiger partial charge on any atom is -0.350 e. The maximum absolute atomic E-state index is 14.0. The van der Waals surface area contributed by atoms with Crippen LogP contribution in [0.2, 0.25) is 0 Å². The molecule has 0 saturated carbocycles. The van der Waals surface area contributed by atoms with E-state index >= 15 is 0 Å². The normalized spacial score (nSPS) is 17.0. The number of aromatic nitrogens is 1. The van der Waals surface area contributed by atoms with E-state index in [1.54, 1.807) is 12.3 Å². The molecule has 0 spiro atoms. The molecule has 0 aliphatic carbocycles. The molecule has 27 heavy (non-hydrogen) atoms. The molecule has 1 aromatic carbocycles. The van der Waals surface area contributed by atoms with Crippen molar-refractivity contribution >= 4 is 16.8 Å². The van der Waals surface area contributed by atoms with Gasteiger partial charge in [-0.15, -0.1) is 0 Å². The van der Waals surface area contributed by atoms with Crippen LogP contribution in [0.15, 0.2) is 30.5 Å². The van der Waals surface area contributed by atoms with Gasteiger partial charge in [0.25, 0.3) is 0 Å². The maximum atomic E-state index is 14.0. The Morgan fingerprint density at radius 2 is 1.93 bits per heavy atom. The third kappa shape index (κ3) is 5.71. The molecule has 3 rings (SSSR count). The standard InChI is InChI=1S/C21H29FN4O/c1-21(2,3)24-19(27)15-26-9-5-8-25(10-11-26)14-17-13-18(22)12-16-6-4-7-23-20(16)17/h4,6-7,12-13H,5,8-11,14-15H2,1-3H3,(H,24,27). The number of carbonyl (C=O) groups excluding carboxylic acids is 1. The lowest BCUT2D eigenvalue weighted by Crippen LogP contribution is -2.46. The fourth-order valence-corrected chi connectivity index (χ4v) is 3.59. The molecule has 1 N–H and O–H groups in total. The molecule has 1 fully saturated rings. The van der Waals surface area contributed by atoms with Crippen molar-refractivity contribution in [2.45, 2.75) is 39.3 Å². The Morgan fingerprint density at radius 1 is 1.19 bits per heavy atom. The van der Waals surface area contributed by atoms with E-state index in [0.29, 0.717) is 13.1 Å². The average molecular weight is 372 g/mol. The van der Waals surface area contributed by atoms with E-state index in [1.165, 1.54) is 6.07 Å². The van der Waals surface area contributed by atoms with Gasteiger partial charge in [-0.1, -0.05) is 6.07 Å². The van der Waals surface area contributed by atoms with Crippen LogP contribution in [0, 0.1) is 5.82 Å². The van der Waals surface area contributed by atoms with Crippen LogP contribution >= 0.6 is 0 Å². The van der Waals surface area contributed by atoms with E-state index in [-0.39, 0.29) is 17.3 Å². The Hall–Kier alpha value is -2.05. The predicted molar refractivity (Wildman–Crippen MR) is 106 cm³/mol. The van der Waals surface area contributed by atoms with Crippen molar-refractivity contribution in [3.63, 3.8) is 0 Å². The number of pyridine rings is 1. The van der Waals surface area contributed by atoms with Crippen LogP contribution in [0.1, 0.15) is 32.8 Å². The smallest absolute Gasteiger partial charge is 0.234 e. The summed E-state index contributed by atoms with van der Waals surface area (Å²) in [6.45, 7) is 10.6. The van der Waals surface area contributed by atoms with Gasteiger partial charge in [-0.2, -0.15) is 0 Å². The summed E-state index contributed by atoms with van der Waals surface area (Å²) in [6, 6.07) is 6.85. The van der Waals surface area contributed by atoms with Gasteiger partial charge < -0.3 is 5.32 Å². The number of benzene rings is 1. The summed E-state index contributed by atoms with van der Waals surface area (Å²) in [5.41, 5.74) is 1.58. The largest absolute Gasteiger partial charge is 0.350 e. The Labute approximate surface area is 160 Å². The van der Waals surface area contributed by atoms with E-state index in [2.05, 4.69) is 20.1 Å². The first kappa shape index (κ1) is 19.7. The molecule has 1 amide bonds. The highest BCUT2D eigenvalue weighted by atomic mass is 19.1. The SMILES string of the molecule is CC(C)(C)NC(=O)CN1CCCN(Cc2cc(F)cc3cccnc23)CC1. The van der Waals surface area contributed by atoms with E-state index in [9.17, 15) is 9.18 Å². The number of amides is 1. The van der Waals surface area contributed by atoms with Gasteiger partial charge in [0.2, 0.25) is 5.91 Å². The van der Waals surface area contributed by atoms with Gasteiger partial charge in [0, 0.05) is 36.8 Å². The molecular weight excluding hydrogens is 343 g/mol. The lowest BCUT2D eigenvalue weighted by atomic mass is 10.1. The van der Waals surface area contributed by atoms with Gasteiger partial charge in [0.1, 0.15) is 5.82 Å². The second-order valence-electron chi connectivity index (χ2n) is 8.34. The van der Waals surface area contributed by atoms with Crippen molar-refractivity contribution in [2.24, 2.45) is 0 Å². The highest BCUT2D eigenvalue weighted by molar-refractivity contribution is 5.81. The maximum Gasteiger partial charge on any atom is 0.234 e. The summed E-state index contributed by atoms with van der Waals surface area (Å²) in [7, 11) is 0. The number of rotatable bonds is 4. The van der Waals surface area contributed by atoms with Gasteiger partial charge >= 0.3 is 0 Å². The van der Waals surface area contributed by atoms with Gasteiger partial charge in [0.05, 0.1) is 12.1 Å². The lowest BCUT2D eigenvalue weighted by molar-refractivity contribution is -0.123. The third-order valence-corrected chi connectivity index (χ3v) is 4.71. The summed E-state index contributed by atoms with van der Waals surface area (Å²) in [5.74, 6) is -0.155. The topological polar surface area (TPSA) is 48.5 Å². The van der Waals surface area contributed by atoms with Crippen molar-refractivity contribution in [1.82, 2.24) is 20.1 Å². The van der Waals surface area contributed by atoms with E-state index in [0.717, 1.165) is 49.1 Å². The Balaban J connectivity index is 1.61. The summed E-state index contributed by atoms with van der Waals surface area (Å²) in [4.78, 5) is 21.1. The van der Waals surface area contributed by atoms with Crippen LogP contribution in [-0.4, -0.2) is 59.0 Å². The number of halogens is 1. The number of hydrogen-bond acceptors (Lipinski definition) is 4. The third-order valence-electron chi connectivity index (χ3n) is 4.71. The fraction of sp³-hybridized carbons (Fsp3) is 0.524. The average Bonchev–Trinajstić information content (AvgIpc) is 2.78.